The zero-order valence-electron chi connectivity index (χ0n) is 10.8. The molecule has 1 fully saturated rings. The van der Waals surface area contributed by atoms with Gasteiger partial charge in [0.15, 0.2) is 0 Å². The Balaban J connectivity index is 1.73. The van der Waals surface area contributed by atoms with E-state index in [1.165, 1.54) is 0 Å². The molecule has 0 unspecified atom stereocenters. The molecule has 100 valence electrons. The predicted octanol–water partition coefficient (Wildman–Crippen LogP) is 1.48. The number of likely N-dealkylation sites (N-methyl/N-ethyl adjacent to an activating group) is 1. The molecule has 1 aliphatic heterocycles. The van der Waals surface area contributed by atoms with Gasteiger partial charge in [0.05, 0.1) is 11.8 Å². The lowest BCUT2D eigenvalue weighted by Gasteiger charge is -2.14. The molecule has 0 spiro atoms. The van der Waals surface area contributed by atoms with Gasteiger partial charge >= 0.3 is 5.97 Å². The van der Waals surface area contributed by atoms with Crippen molar-refractivity contribution in [3.63, 3.8) is 0 Å². The molecule has 3 rings (SSSR count). The molecular formula is C14H16N2O3. The molecule has 2 N–H and O–H groups in total. The maximum absolute atomic E-state index is 11.6. The van der Waals surface area contributed by atoms with Gasteiger partial charge in [-0.2, -0.15) is 0 Å². The molecule has 1 aromatic rings. The van der Waals surface area contributed by atoms with Crippen molar-refractivity contribution in [2.75, 3.05) is 23.8 Å². The predicted molar refractivity (Wildman–Crippen MR) is 71.3 cm³/mol. The van der Waals surface area contributed by atoms with Crippen molar-refractivity contribution in [1.82, 2.24) is 0 Å². The van der Waals surface area contributed by atoms with E-state index in [9.17, 15) is 9.59 Å². The van der Waals surface area contributed by atoms with E-state index in [0.717, 1.165) is 29.8 Å². The van der Waals surface area contributed by atoms with Gasteiger partial charge in [0, 0.05) is 25.0 Å². The van der Waals surface area contributed by atoms with Crippen LogP contribution in [0.5, 0.6) is 0 Å². The number of carboxylic acid groups (broad SMARTS) is 1. The SMILES string of the molecule is CN1C(=O)Cc2cc(NCC3(C(=O)O)CC3)ccc21. The minimum atomic E-state index is -0.726. The van der Waals surface area contributed by atoms with Crippen LogP contribution >= 0.6 is 0 Å². The fourth-order valence-corrected chi connectivity index (χ4v) is 2.47. The topological polar surface area (TPSA) is 69.6 Å². The zero-order chi connectivity index (χ0) is 13.6. The van der Waals surface area contributed by atoms with Crippen LogP contribution in [0.4, 0.5) is 11.4 Å². The average Bonchev–Trinajstić information content (AvgIpc) is 3.12. The van der Waals surface area contributed by atoms with Crippen LogP contribution in [0.2, 0.25) is 0 Å². The van der Waals surface area contributed by atoms with E-state index in [4.69, 9.17) is 5.11 Å². The second-order valence-corrected chi connectivity index (χ2v) is 5.41. The van der Waals surface area contributed by atoms with Crippen molar-refractivity contribution in [3.8, 4) is 0 Å². The van der Waals surface area contributed by atoms with Gasteiger partial charge in [0.25, 0.3) is 0 Å². The summed E-state index contributed by atoms with van der Waals surface area (Å²) in [6, 6.07) is 5.74. The first-order valence-corrected chi connectivity index (χ1v) is 6.39. The minimum absolute atomic E-state index is 0.0938. The normalized spacial score (nSPS) is 19.2. The van der Waals surface area contributed by atoms with E-state index in [1.807, 2.05) is 18.2 Å². The average molecular weight is 260 g/mol. The van der Waals surface area contributed by atoms with Crippen molar-refractivity contribution in [1.29, 1.82) is 0 Å². The molecule has 1 aromatic carbocycles. The second-order valence-electron chi connectivity index (χ2n) is 5.41. The summed E-state index contributed by atoms with van der Waals surface area (Å²) in [5.41, 5.74) is 2.24. The lowest BCUT2D eigenvalue weighted by molar-refractivity contribution is -0.142. The van der Waals surface area contributed by atoms with Crippen LogP contribution in [0.25, 0.3) is 0 Å². The highest BCUT2D eigenvalue weighted by atomic mass is 16.4. The number of hydrogen-bond donors (Lipinski definition) is 2. The van der Waals surface area contributed by atoms with Crippen LogP contribution in [0.15, 0.2) is 18.2 Å². The highest BCUT2D eigenvalue weighted by molar-refractivity contribution is 6.01. The third kappa shape index (κ3) is 1.95. The Labute approximate surface area is 111 Å². The number of aliphatic carboxylic acids is 1. The molecular weight excluding hydrogens is 244 g/mol. The summed E-state index contributed by atoms with van der Waals surface area (Å²) in [5.74, 6) is -0.632. The Morgan fingerprint density at radius 3 is 2.84 bits per heavy atom. The van der Waals surface area contributed by atoms with Crippen LogP contribution in [0.1, 0.15) is 18.4 Å². The monoisotopic (exact) mass is 260 g/mol. The summed E-state index contributed by atoms with van der Waals surface area (Å²) in [4.78, 5) is 24.3. The number of anilines is 2. The maximum Gasteiger partial charge on any atom is 0.311 e. The summed E-state index contributed by atoms with van der Waals surface area (Å²) < 4.78 is 0. The Kier molecular flexibility index (Phi) is 2.52. The van der Waals surface area contributed by atoms with Gasteiger partial charge in [-0.3, -0.25) is 9.59 Å². The van der Waals surface area contributed by atoms with Gasteiger partial charge in [-0.25, -0.2) is 0 Å². The van der Waals surface area contributed by atoms with Crippen LogP contribution in [-0.2, 0) is 16.0 Å². The first-order valence-electron chi connectivity index (χ1n) is 6.39. The third-order valence-corrected chi connectivity index (χ3v) is 4.09. The number of nitrogens with zero attached hydrogens (tertiary/aromatic N) is 1. The van der Waals surface area contributed by atoms with Crippen LogP contribution in [-0.4, -0.2) is 30.6 Å². The van der Waals surface area contributed by atoms with Gasteiger partial charge < -0.3 is 15.3 Å². The fourth-order valence-electron chi connectivity index (χ4n) is 2.47. The first-order chi connectivity index (χ1) is 9.02. The number of hydrogen-bond acceptors (Lipinski definition) is 3. The molecule has 0 atom stereocenters. The summed E-state index contributed by atoms with van der Waals surface area (Å²) in [7, 11) is 1.77. The second kappa shape index (κ2) is 3.98. The quantitative estimate of drug-likeness (QED) is 0.860. The molecule has 5 heteroatoms. The smallest absolute Gasteiger partial charge is 0.311 e. The molecule has 0 radical (unpaired) electrons. The molecule has 0 bridgehead atoms. The van der Waals surface area contributed by atoms with Crippen molar-refractivity contribution in [2.24, 2.45) is 5.41 Å². The van der Waals surface area contributed by atoms with Crippen LogP contribution in [0.3, 0.4) is 0 Å². The molecule has 0 aromatic heterocycles. The highest BCUT2D eigenvalue weighted by Crippen LogP contribution is 2.46. The van der Waals surface area contributed by atoms with E-state index in [1.54, 1.807) is 11.9 Å². The van der Waals surface area contributed by atoms with Crippen LogP contribution in [0, 0.1) is 5.41 Å². The molecule has 1 amide bonds. The number of carbonyl (C=O) groups excluding carboxylic acids is 1. The van der Waals surface area contributed by atoms with E-state index in [-0.39, 0.29) is 5.91 Å². The minimum Gasteiger partial charge on any atom is -0.481 e. The molecule has 0 saturated heterocycles. The lowest BCUT2D eigenvalue weighted by atomic mass is 10.1. The van der Waals surface area contributed by atoms with Gasteiger partial charge in [0.2, 0.25) is 5.91 Å². The largest absolute Gasteiger partial charge is 0.481 e. The van der Waals surface area contributed by atoms with Crippen molar-refractivity contribution < 1.29 is 14.7 Å². The number of carboxylic acids is 1. The maximum atomic E-state index is 11.6. The molecule has 5 nitrogen and oxygen atoms in total. The summed E-state index contributed by atoms with van der Waals surface area (Å²) in [5, 5.41) is 12.3. The Bertz CT molecular complexity index is 564. The number of fused-ring (bicyclic) bond motifs is 1. The number of nitrogens with one attached hydrogen (secondary N) is 1. The number of benzene rings is 1. The number of rotatable bonds is 4. The lowest BCUT2D eigenvalue weighted by Crippen LogP contribution is -2.24. The third-order valence-electron chi connectivity index (χ3n) is 4.09. The molecule has 2 aliphatic rings. The van der Waals surface area contributed by atoms with Crippen molar-refractivity contribution >= 4 is 23.3 Å². The molecule has 1 aliphatic carbocycles. The van der Waals surface area contributed by atoms with Gasteiger partial charge in [-0.05, 0) is 36.6 Å². The number of carbonyl (C=O) groups is 2. The van der Waals surface area contributed by atoms with E-state index in [0.29, 0.717) is 13.0 Å². The summed E-state index contributed by atoms with van der Waals surface area (Å²) in [6.07, 6.45) is 1.90. The Morgan fingerprint density at radius 2 is 2.21 bits per heavy atom. The molecule has 19 heavy (non-hydrogen) atoms. The summed E-state index contributed by atoms with van der Waals surface area (Å²) >= 11 is 0. The van der Waals surface area contributed by atoms with Gasteiger partial charge in [0.1, 0.15) is 0 Å². The van der Waals surface area contributed by atoms with Gasteiger partial charge in [-0.15, -0.1) is 0 Å². The van der Waals surface area contributed by atoms with Crippen LogP contribution < -0.4 is 10.2 Å². The van der Waals surface area contributed by atoms with Crippen molar-refractivity contribution in [3.05, 3.63) is 23.8 Å². The fraction of sp³-hybridized carbons (Fsp3) is 0.429. The Morgan fingerprint density at radius 1 is 1.47 bits per heavy atom. The number of amides is 1. The Hall–Kier alpha value is -2.04. The molecule has 1 heterocycles. The standard InChI is InChI=1S/C14H16N2O3/c1-16-11-3-2-10(6-9(11)7-12(16)17)15-8-14(4-5-14)13(18)19/h2-3,6,15H,4-5,7-8H2,1H3,(H,18,19). The van der Waals surface area contributed by atoms with E-state index < -0.39 is 11.4 Å². The summed E-state index contributed by atoms with van der Waals surface area (Å²) in [6.45, 7) is 0.449. The van der Waals surface area contributed by atoms with E-state index in [2.05, 4.69) is 5.32 Å². The van der Waals surface area contributed by atoms with Gasteiger partial charge in [-0.1, -0.05) is 0 Å². The van der Waals surface area contributed by atoms with E-state index >= 15 is 0 Å². The highest BCUT2D eigenvalue weighted by Gasteiger charge is 2.50. The molecule has 1 saturated carbocycles. The first kappa shape index (κ1) is 12.0. The van der Waals surface area contributed by atoms with Crippen molar-refractivity contribution in [2.45, 2.75) is 19.3 Å². The zero-order valence-corrected chi connectivity index (χ0v) is 10.8.